The molecule has 0 atom stereocenters. The lowest BCUT2D eigenvalue weighted by Gasteiger charge is -2.25. The van der Waals surface area contributed by atoms with E-state index < -0.39 is 0 Å². The minimum Gasteiger partial charge on any atom is -0.328 e. The van der Waals surface area contributed by atoms with Crippen molar-refractivity contribution in [2.75, 3.05) is 0 Å². The number of hydrogen-bond donors (Lipinski definition) is 1. The van der Waals surface area contributed by atoms with Gasteiger partial charge in [0.05, 0.1) is 29.1 Å². The first-order valence-electron chi connectivity index (χ1n) is 9.28. The van der Waals surface area contributed by atoms with Crippen LogP contribution in [0.25, 0.3) is 22.3 Å². The van der Waals surface area contributed by atoms with Crippen LogP contribution < -0.4 is 5.73 Å². The summed E-state index contributed by atoms with van der Waals surface area (Å²) in [5, 5.41) is 4.50. The largest absolute Gasteiger partial charge is 0.328 e. The molecule has 0 aliphatic heterocycles. The number of nitrogens with zero attached hydrogens (tertiary/aromatic N) is 4. The molecule has 0 radical (unpaired) electrons. The van der Waals surface area contributed by atoms with Gasteiger partial charge in [-0.05, 0) is 56.6 Å². The molecule has 5 heteroatoms. The molecule has 0 unspecified atom stereocenters. The lowest BCUT2D eigenvalue weighted by Crippen LogP contribution is -2.26. The SMILES string of the molecule is NC1CCC(CCCn2cc(-c3cnc4ccccc4n3)cn2)CC1. The standard InChI is InChI=1S/C20H25N5/c21-17-9-7-15(8-10-17)4-3-11-25-14-16(12-23-25)20-13-22-18-5-1-2-6-19(18)24-20/h1-2,5-6,12-15,17H,3-4,7-11,21H2. The fourth-order valence-corrected chi connectivity index (χ4v) is 3.73. The Labute approximate surface area is 148 Å². The van der Waals surface area contributed by atoms with Crippen molar-refractivity contribution in [1.82, 2.24) is 19.7 Å². The summed E-state index contributed by atoms with van der Waals surface area (Å²) in [6, 6.07) is 8.38. The number of aromatic nitrogens is 4. The van der Waals surface area contributed by atoms with Gasteiger partial charge >= 0.3 is 0 Å². The third-order valence-corrected chi connectivity index (χ3v) is 5.27. The van der Waals surface area contributed by atoms with Crippen LogP contribution in [0.5, 0.6) is 0 Å². The van der Waals surface area contributed by atoms with E-state index in [0.717, 1.165) is 34.8 Å². The van der Waals surface area contributed by atoms with Crippen LogP contribution >= 0.6 is 0 Å². The molecule has 0 spiro atoms. The molecule has 130 valence electrons. The zero-order chi connectivity index (χ0) is 17.1. The molecular formula is C20H25N5. The molecule has 1 aliphatic rings. The fraction of sp³-hybridized carbons (Fsp3) is 0.450. The van der Waals surface area contributed by atoms with Crippen molar-refractivity contribution in [3.8, 4) is 11.3 Å². The Kier molecular flexibility index (Phi) is 4.74. The molecule has 1 fully saturated rings. The van der Waals surface area contributed by atoms with E-state index in [4.69, 9.17) is 10.7 Å². The number of rotatable bonds is 5. The Morgan fingerprint density at radius 1 is 1.04 bits per heavy atom. The number of benzene rings is 1. The van der Waals surface area contributed by atoms with Gasteiger partial charge < -0.3 is 5.73 Å². The molecule has 2 heterocycles. The van der Waals surface area contributed by atoms with Gasteiger partial charge in [-0.1, -0.05) is 12.1 Å². The highest BCUT2D eigenvalue weighted by molar-refractivity contribution is 5.76. The maximum Gasteiger partial charge on any atom is 0.0924 e. The highest BCUT2D eigenvalue weighted by atomic mass is 15.3. The molecule has 25 heavy (non-hydrogen) atoms. The first-order chi connectivity index (χ1) is 12.3. The Bertz CT molecular complexity index is 833. The highest BCUT2D eigenvalue weighted by Gasteiger charge is 2.18. The van der Waals surface area contributed by atoms with E-state index >= 15 is 0 Å². The molecule has 4 rings (SSSR count). The molecule has 0 bridgehead atoms. The average Bonchev–Trinajstić information content (AvgIpc) is 3.12. The van der Waals surface area contributed by atoms with E-state index in [-0.39, 0.29) is 0 Å². The maximum atomic E-state index is 5.98. The molecule has 3 aromatic rings. The quantitative estimate of drug-likeness (QED) is 0.770. The summed E-state index contributed by atoms with van der Waals surface area (Å²) >= 11 is 0. The first-order valence-corrected chi connectivity index (χ1v) is 9.28. The van der Waals surface area contributed by atoms with Crippen LogP contribution in [0, 0.1) is 5.92 Å². The lowest BCUT2D eigenvalue weighted by atomic mass is 9.84. The van der Waals surface area contributed by atoms with Crippen LogP contribution in [0.15, 0.2) is 42.9 Å². The third-order valence-electron chi connectivity index (χ3n) is 5.27. The highest BCUT2D eigenvalue weighted by Crippen LogP contribution is 2.27. The van der Waals surface area contributed by atoms with Crippen LogP contribution in [0.4, 0.5) is 0 Å². The normalized spacial score (nSPS) is 20.8. The van der Waals surface area contributed by atoms with E-state index in [1.165, 1.54) is 38.5 Å². The summed E-state index contributed by atoms with van der Waals surface area (Å²) in [5.74, 6) is 0.848. The minimum absolute atomic E-state index is 0.438. The Hall–Kier alpha value is -2.27. The van der Waals surface area contributed by atoms with Gasteiger partial charge in [-0.2, -0.15) is 5.10 Å². The second-order valence-electron chi connectivity index (χ2n) is 7.16. The van der Waals surface area contributed by atoms with Crippen molar-refractivity contribution in [2.45, 2.75) is 51.1 Å². The van der Waals surface area contributed by atoms with Crippen molar-refractivity contribution in [3.63, 3.8) is 0 Å². The second kappa shape index (κ2) is 7.31. The molecule has 1 aliphatic carbocycles. The molecule has 0 saturated heterocycles. The molecule has 1 saturated carbocycles. The van der Waals surface area contributed by atoms with Gasteiger partial charge in [0.25, 0.3) is 0 Å². The maximum absolute atomic E-state index is 5.98. The van der Waals surface area contributed by atoms with E-state index in [2.05, 4.69) is 16.3 Å². The molecule has 1 aromatic carbocycles. The molecule has 5 nitrogen and oxygen atoms in total. The van der Waals surface area contributed by atoms with Gasteiger partial charge in [0.1, 0.15) is 0 Å². The topological polar surface area (TPSA) is 69.6 Å². The molecule has 2 N–H and O–H groups in total. The number of nitrogens with two attached hydrogens (primary N) is 1. The molecule has 2 aromatic heterocycles. The van der Waals surface area contributed by atoms with Crippen molar-refractivity contribution >= 4 is 11.0 Å². The Morgan fingerprint density at radius 2 is 1.84 bits per heavy atom. The van der Waals surface area contributed by atoms with Crippen molar-refractivity contribution in [2.24, 2.45) is 11.7 Å². The van der Waals surface area contributed by atoms with Crippen molar-refractivity contribution in [1.29, 1.82) is 0 Å². The van der Waals surface area contributed by atoms with Crippen LogP contribution in [0.3, 0.4) is 0 Å². The van der Waals surface area contributed by atoms with Crippen molar-refractivity contribution in [3.05, 3.63) is 42.9 Å². The first kappa shape index (κ1) is 16.2. The smallest absolute Gasteiger partial charge is 0.0924 e. The van der Waals surface area contributed by atoms with Crippen LogP contribution in [0.2, 0.25) is 0 Å². The summed E-state index contributed by atoms with van der Waals surface area (Å²) in [7, 11) is 0. The van der Waals surface area contributed by atoms with Gasteiger partial charge in [-0.25, -0.2) is 4.98 Å². The van der Waals surface area contributed by atoms with Crippen LogP contribution in [-0.4, -0.2) is 25.8 Å². The number of aryl methyl sites for hydroxylation is 1. The van der Waals surface area contributed by atoms with Gasteiger partial charge in [0.15, 0.2) is 0 Å². The number of hydrogen-bond acceptors (Lipinski definition) is 4. The predicted octanol–water partition coefficient (Wildman–Crippen LogP) is 3.79. The summed E-state index contributed by atoms with van der Waals surface area (Å²) < 4.78 is 2.03. The fourth-order valence-electron chi connectivity index (χ4n) is 3.73. The summed E-state index contributed by atoms with van der Waals surface area (Å²) in [5.41, 5.74) is 9.74. The Balaban J connectivity index is 1.36. The van der Waals surface area contributed by atoms with E-state index in [0.29, 0.717) is 6.04 Å². The number of fused-ring (bicyclic) bond motifs is 1. The summed E-state index contributed by atoms with van der Waals surface area (Å²) in [6.07, 6.45) is 13.2. The van der Waals surface area contributed by atoms with Gasteiger partial charge in [-0.15, -0.1) is 0 Å². The second-order valence-corrected chi connectivity index (χ2v) is 7.16. The van der Waals surface area contributed by atoms with E-state index in [1.54, 1.807) is 0 Å². The van der Waals surface area contributed by atoms with E-state index in [1.807, 2.05) is 41.3 Å². The Morgan fingerprint density at radius 3 is 2.68 bits per heavy atom. The van der Waals surface area contributed by atoms with Gasteiger partial charge in [-0.3, -0.25) is 9.67 Å². The van der Waals surface area contributed by atoms with E-state index in [9.17, 15) is 0 Å². The van der Waals surface area contributed by atoms with Crippen LogP contribution in [-0.2, 0) is 6.54 Å². The third kappa shape index (κ3) is 3.87. The zero-order valence-corrected chi connectivity index (χ0v) is 14.5. The zero-order valence-electron chi connectivity index (χ0n) is 14.5. The predicted molar refractivity (Wildman–Crippen MR) is 99.9 cm³/mol. The van der Waals surface area contributed by atoms with Gasteiger partial charge in [0, 0.05) is 24.3 Å². The van der Waals surface area contributed by atoms with Gasteiger partial charge in [0.2, 0.25) is 0 Å². The van der Waals surface area contributed by atoms with Crippen molar-refractivity contribution < 1.29 is 0 Å². The lowest BCUT2D eigenvalue weighted by molar-refractivity contribution is 0.299. The summed E-state index contributed by atoms with van der Waals surface area (Å²) in [4.78, 5) is 9.18. The minimum atomic E-state index is 0.438. The van der Waals surface area contributed by atoms with Crippen LogP contribution in [0.1, 0.15) is 38.5 Å². The average molecular weight is 335 g/mol. The monoisotopic (exact) mass is 335 g/mol. The molecular weight excluding hydrogens is 310 g/mol. The summed E-state index contributed by atoms with van der Waals surface area (Å²) in [6.45, 7) is 0.962. The molecule has 0 amide bonds. The number of para-hydroxylation sites is 2.